The predicted molar refractivity (Wildman–Crippen MR) is 82.1 cm³/mol. The molecule has 0 bridgehead atoms. The fourth-order valence-corrected chi connectivity index (χ4v) is 3.10. The summed E-state index contributed by atoms with van der Waals surface area (Å²) in [5, 5.41) is 3.74. The van der Waals surface area contributed by atoms with Crippen LogP contribution in [0, 0.1) is 5.92 Å². The largest absolute Gasteiger partial charge is 0.326 e. The lowest BCUT2D eigenvalue weighted by molar-refractivity contribution is 0.450. The topological polar surface area (TPSA) is 38.0 Å². The number of hydrogen-bond acceptors (Lipinski definition) is 2. The second-order valence-corrected chi connectivity index (χ2v) is 5.99. The normalized spacial score (nSPS) is 24.1. The maximum Gasteiger partial charge on any atom is 0.0180 e. The van der Waals surface area contributed by atoms with Gasteiger partial charge in [-0.2, -0.15) is 0 Å². The van der Waals surface area contributed by atoms with E-state index in [4.69, 9.17) is 5.73 Å². The van der Waals surface area contributed by atoms with Gasteiger partial charge >= 0.3 is 0 Å². The smallest absolute Gasteiger partial charge is 0.0180 e. The first-order valence-corrected chi connectivity index (χ1v) is 7.80. The van der Waals surface area contributed by atoms with Gasteiger partial charge in [-0.15, -0.1) is 0 Å². The number of hydrogen-bond donors (Lipinski definition) is 2. The average Bonchev–Trinajstić information content (AvgIpc) is 2.64. The summed E-state index contributed by atoms with van der Waals surface area (Å²) in [6.07, 6.45) is 7.98. The number of benzene rings is 1. The Balaban J connectivity index is 1.76. The first-order valence-electron chi connectivity index (χ1n) is 7.80. The summed E-state index contributed by atoms with van der Waals surface area (Å²) in [6, 6.07) is 9.27. The van der Waals surface area contributed by atoms with Gasteiger partial charge in [-0.3, -0.25) is 0 Å². The molecule has 0 heterocycles. The van der Waals surface area contributed by atoms with E-state index in [1.54, 1.807) is 0 Å². The molecule has 2 nitrogen and oxygen atoms in total. The number of nitrogens with two attached hydrogens (primary N) is 1. The van der Waals surface area contributed by atoms with Crippen LogP contribution >= 0.6 is 0 Å². The van der Waals surface area contributed by atoms with Gasteiger partial charge in [0.1, 0.15) is 0 Å². The third kappa shape index (κ3) is 4.63. The minimum atomic E-state index is 0.650. The molecule has 1 saturated carbocycles. The van der Waals surface area contributed by atoms with E-state index in [0.29, 0.717) is 6.54 Å². The molecule has 19 heavy (non-hydrogen) atoms. The molecule has 106 valence electrons. The van der Waals surface area contributed by atoms with Crippen LogP contribution in [0.4, 0.5) is 0 Å². The van der Waals surface area contributed by atoms with E-state index in [2.05, 4.69) is 36.5 Å². The van der Waals surface area contributed by atoms with Crippen molar-refractivity contribution in [3.05, 3.63) is 35.4 Å². The van der Waals surface area contributed by atoms with Crippen LogP contribution in [0.25, 0.3) is 0 Å². The average molecular weight is 260 g/mol. The van der Waals surface area contributed by atoms with Crippen LogP contribution in [-0.4, -0.2) is 12.6 Å². The van der Waals surface area contributed by atoms with E-state index in [0.717, 1.165) is 24.9 Å². The van der Waals surface area contributed by atoms with Crippen molar-refractivity contribution in [2.24, 2.45) is 11.7 Å². The molecule has 1 aromatic rings. The third-order valence-corrected chi connectivity index (χ3v) is 4.42. The Hall–Kier alpha value is -0.860. The molecule has 1 aromatic carbocycles. The van der Waals surface area contributed by atoms with Gasteiger partial charge in [-0.1, -0.05) is 44.0 Å². The summed E-state index contributed by atoms with van der Waals surface area (Å²) < 4.78 is 0. The van der Waals surface area contributed by atoms with Crippen molar-refractivity contribution in [2.45, 2.75) is 58.0 Å². The van der Waals surface area contributed by atoms with Crippen LogP contribution in [0.2, 0.25) is 0 Å². The van der Waals surface area contributed by atoms with E-state index < -0.39 is 0 Å². The standard InChI is InChI=1S/C17H28N2/c1-14-5-4-8-17(10-9-14)19-12-11-15-6-2-3-7-16(15)13-18/h2-3,6-7,14,17,19H,4-5,8-13,18H2,1H3. The van der Waals surface area contributed by atoms with Gasteiger partial charge < -0.3 is 11.1 Å². The van der Waals surface area contributed by atoms with E-state index in [1.165, 1.54) is 43.2 Å². The second-order valence-electron chi connectivity index (χ2n) is 5.99. The highest BCUT2D eigenvalue weighted by Crippen LogP contribution is 2.22. The molecule has 0 saturated heterocycles. The maximum absolute atomic E-state index is 5.78. The van der Waals surface area contributed by atoms with Crippen molar-refractivity contribution in [1.82, 2.24) is 5.32 Å². The number of nitrogens with one attached hydrogen (secondary N) is 1. The second kappa shape index (κ2) is 7.66. The zero-order valence-corrected chi connectivity index (χ0v) is 12.2. The van der Waals surface area contributed by atoms with E-state index in [1.807, 2.05) is 0 Å². The van der Waals surface area contributed by atoms with Crippen molar-refractivity contribution in [3.63, 3.8) is 0 Å². The van der Waals surface area contributed by atoms with Gasteiger partial charge in [0, 0.05) is 12.6 Å². The highest BCUT2D eigenvalue weighted by Gasteiger charge is 2.15. The molecule has 0 aromatic heterocycles. The van der Waals surface area contributed by atoms with Crippen LogP contribution in [-0.2, 0) is 13.0 Å². The minimum Gasteiger partial charge on any atom is -0.326 e. The SMILES string of the molecule is CC1CCCC(NCCc2ccccc2CN)CC1. The van der Waals surface area contributed by atoms with Crippen LogP contribution in [0.5, 0.6) is 0 Å². The molecular formula is C17H28N2. The van der Waals surface area contributed by atoms with Crippen LogP contribution in [0.15, 0.2) is 24.3 Å². The lowest BCUT2D eigenvalue weighted by Gasteiger charge is -2.17. The lowest BCUT2D eigenvalue weighted by atomic mass is 10.0. The minimum absolute atomic E-state index is 0.650. The summed E-state index contributed by atoms with van der Waals surface area (Å²) in [6.45, 7) is 4.12. The molecule has 0 radical (unpaired) electrons. The Morgan fingerprint density at radius 2 is 1.89 bits per heavy atom. The van der Waals surface area contributed by atoms with Gasteiger partial charge in [0.2, 0.25) is 0 Å². The van der Waals surface area contributed by atoms with Crippen LogP contribution < -0.4 is 11.1 Å². The number of rotatable bonds is 5. The van der Waals surface area contributed by atoms with Crippen molar-refractivity contribution in [3.8, 4) is 0 Å². The van der Waals surface area contributed by atoms with E-state index >= 15 is 0 Å². The molecule has 3 N–H and O–H groups in total. The van der Waals surface area contributed by atoms with Crippen LogP contribution in [0.3, 0.4) is 0 Å². The molecule has 2 atom stereocenters. The van der Waals surface area contributed by atoms with Gasteiger partial charge in [-0.25, -0.2) is 0 Å². The van der Waals surface area contributed by atoms with E-state index in [-0.39, 0.29) is 0 Å². The molecule has 1 aliphatic carbocycles. The maximum atomic E-state index is 5.78. The van der Waals surface area contributed by atoms with Crippen LogP contribution in [0.1, 0.15) is 50.2 Å². The summed E-state index contributed by atoms with van der Waals surface area (Å²) >= 11 is 0. The third-order valence-electron chi connectivity index (χ3n) is 4.42. The van der Waals surface area contributed by atoms with Crippen molar-refractivity contribution >= 4 is 0 Å². The summed E-state index contributed by atoms with van der Waals surface area (Å²) in [7, 11) is 0. The van der Waals surface area contributed by atoms with E-state index in [9.17, 15) is 0 Å². The molecule has 0 amide bonds. The summed E-state index contributed by atoms with van der Waals surface area (Å²) in [5.41, 5.74) is 8.47. The molecule has 2 rings (SSSR count). The highest BCUT2D eigenvalue weighted by molar-refractivity contribution is 5.27. The first-order chi connectivity index (χ1) is 9.29. The lowest BCUT2D eigenvalue weighted by Crippen LogP contribution is -2.30. The molecule has 2 heteroatoms. The van der Waals surface area contributed by atoms with Gasteiger partial charge in [0.15, 0.2) is 0 Å². The van der Waals surface area contributed by atoms with Gasteiger partial charge in [0.25, 0.3) is 0 Å². The molecule has 1 aliphatic rings. The van der Waals surface area contributed by atoms with Gasteiger partial charge in [0.05, 0.1) is 0 Å². The fraction of sp³-hybridized carbons (Fsp3) is 0.647. The molecular weight excluding hydrogens is 232 g/mol. The van der Waals surface area contributed by atoms with Crippen molar-refractivity contribution in [1.29, 1.82) is 0 Å². The Morgan fingerprint density at radius 3 is 2.68 bits per heavy atom. The fourth-order valence-electron chi connectivity index (χ4n) is 3.10. The predicted octanol–water partition coefficient (Wildman–Crippen LogP) is 3.25. The summed E-state index contributed by atoms with van der Waals surface area (Å²) in [4.78, 5) is 0. The summed E-state index contributed by atoms with van der Waals surface area (Å²) in [5.74, 6) is 0.921. The zero-order chi connectivity index (χ0) is 13.5. The van der Waals surface area contributed by atoms with Crippen molar-refractivity contribution in [2.75, 3.05) is 6.54 Å². The molecule has 0 aliphatic heterocycles. The monoisotopic (exact) mass is 260 g/mol. The quantitative estimate of drug-likeness (QED) is 0.798. The Morgan fingerprint density at radius 1 is 1.11 bits per heavy atom. The van der Waals surface area contributed by atoms with Crippen molar-refractivity contribution < 1.29 is 0 Å². The molecule has 1 fully saturated rings. The Kier molecular flexibility index (Phi) is 5.87. The molecule has 0 spiro atoms. The van der Waals surface area contributed by atoms with Gasteiger partial charge in [-0.05, 0) is 49.3 Å². The Labute approximate surface area is 117 Å². The highest BCUT2D eigenvalue weighted by atomic mass is 14.9. The molecule has 2 unspecified atom stereocenters. The zero-order valence-electron chi connectivity index (χ0n) is 12.2. The Bertz CT molecular complexity index is 375. The first kappa shape index (κ1) is 14.5.